The van der Waals surface area contributed by atoms with Gasteiger partial charge in [0, 0.05) is 18.6 Å². The summed E-state index contributed by atoms with van der Waals surface area (Å²) in [5.74, 6) is 0.790. The average molecular weight is 332 g/mol. The van der Waals surface area contributed by atoms with Crippen molar-refractivity contribution in [1.29, 1.82) is 5.26 Å². The standard InChI is InChI=1S/C13H7Cl2N7/c14-8-3-10(15)13(19-5-8)22-7-9(6-20-22)21-12-11(4-16)17-1-2-18-12/h1-3,5-7H,(H,18,21). The smallest absolute Gasteiger partial charge is 0.183 e. The lowest BCUT2D eigenvalue weighted by Gasteiger charge is -2.04. The minimum absolute atomic E-state index is 0.193. The topological polar surface area (TPSA) is 92.3 Å². The fourth-order valence-electron chi connectivity index (χ4n) is 1.73. The largest absolute Gasteiger partial charge is 0.335 e. The number of pyridine rings is 1. The van der Waals surface area contributed by atoms with Gasteiger partial charge in [-0.1, -0.05) is 23.2 Å². The summed E-state index contributed by atoms with van der Waals surface area (Å²) in [6, 6.07) is 3.54. The number of anilines is 2. The molecule has 0 saturated heterocycles. The Morgan fingerprint density at radius 2 is 1.95 bits per heavy atom. The summed E-state index contributed by atoms with van der Waals surface area (Å²) in [6.07, 6.45) is 7.64. The van der Waals surface area contributed by atoms with Crippen LogP contribution >= 0.6 is 23.2 Å². The van der Waals surface area contributed by atoms with Gasteiger partial charge in [0.2, 0.25) is 0 Å². The van der Waals surface area contributed by atoms with Crippen molar-refractivity contribution >= 4 is 34.7 Å². The second-order valence-corrected chi connectivity index (χ2v) is 4.97. The molecule has 9 heteroatoms. The summed E-state index contributed by atoms with van der Waals surface area (Å²) in [4.78, 5) is 12.1. The highest BCUT2D eigenvalue weighted by atomic mass is 35.5. The van der Waals surface area contributed by atoms with Crippen molar-refractivity contribution < 1.29 is 0 Å². The molecule has 0 spiro atoms. The van der Waals surface area contributed by atoms with Crippen LogP contribution < -0.4 is 5.32 Å². The molecule has 0 saturated carbocycles. The van der Waals surface area contributed by atoms with Gasteiger partial charge in [0.1, 0.15) is 6.07 Å². The Hall–Kier alpha value is -2.69. The van der Waals surface area contributed by atoms with E-state index in [1.54, 1.807) is 18.5 Å². The number of nitrogens with zero attached hydrogens (tertiary/aromatic N) is 6. The summed E-state index contributed by atoms with van der Waals surface area (Å²) in [6.45, 7) is 0. The number of halogens is 2. The SMILES string of the molecule is N#Cc1nccnc1Nc1cnn(-c2ncc(Cl)cc2Cl)c1. The molecule has 0 fully saturated rings. The van der Waals surface area contributed by atoms with E-state index in [4.69, 9.17) is 28.5 Å². The van der Waals surface area contributed by atoms with E-state index >= 15 is 0 Å². The average Bonchev–Trinajstić information content (AvgIpc) is 2.96. The molecule has 3 aromatic rings. The molecule has 0 aliphatic carbocycles. The lowest BCUT2D eigenvalue weighted by Crippen LogP contribution is -1.99. The van der Waals surface area contributed by atoms with Crippen LogP contribution in [0.1, 0.15) is 5.69 Å². The first-order chi connectivity index (χ1) is 10.7. The first-order valence-electron chi connectivity index (χ1n) is 6.01. The quantitative estimate of drug-likeness (QED) is 0.793. The Balaban J connectivity index is 1.90. The molecule has 0 bridgehead atoms. The summed E-state index contributed by atoms with van der Waals surface area (Å²) in [7, 11) is 0. The Labute approximate surface area is 135 Å². The number of nitriles is 1. The highest BCUT2D eigenvalue weighted by Crippen LogP contribution is 2.23. The second kappa shape index (κ2) is 5.97. The van der Waals surface area contributed by atoms with Crippen molar-refractivity contribution in [3.05, 3.63) is 52.8 Å². The van der Waals surface area contributed by atoms with Crippen molar-refractivity contribution in [2.45, 2.75) is 0 Å². The fraction of sp³-hybridized carbons (Fsp3) is 0. The van der Waals surface area contributed by atoms with Crippen LogP contribution in [0.3, 0.4) is 0 Å². The van der Waals surface area contributed by atoms with Crippen LogP contribution in [0.5, 0.6) is 0 Å². The van der Waals surface area contributed by atoms with Crippen molar-refractivity contribution in [1.82, 2.24) is 24.7 Å². The van der Waals surface area contributed by atoms with Gasteiger partial charge in [-0.25, -0.2) is 19.6 Å². The molecule has 0 amide bonds. The fourth-order valence-corrected chi connectivity index (χ4v) is 2.19. The molecule has 22 heavy (non-hydrogen) atoms. The highest BCUT2D eigenvalue weighted by Gasteiger charge is 2.09. The molecule has 0 unspecified atom stereocenters. The predicted octanol–water partition coefficient (Wildman–Crippen LogP) is 2.98. The van der Waals surface area contributed by atoms with Crippen molar-refractivity contribution in [3.63, 3.8) is 0 Å². The van der Waals surface area contributed by atoms with E-state index in [1.807, 2.05) is 6.07 Å². The maximum atomic E-state index is 8.99. The lowest BCUT2D eigenvalue weighted by molar-refractivity contribution is 0.847. The second-order valence-electron chi connectivity index (χ2n) is 4.12. The first kappa shape index (κ1) is 14.3. The van der Waals surface area contributed by atoms with Crippen LogP contribution in [0.15, 0.2) is 37.1 Å². The van der Waals surface area contributed by atoms with E-state index in [0.29, 0.717) is 27.4 Å². The first-order valence-corrected chi connectivity index (χ1v) is 6.77. The zero-order valence-electron chi connectivity index (χ0n) is 10.9. The van der Waals surface area contributed by atoms with Crippen LogP contribution in [0, 0.1) is 11.3 Å². The Morgan fingerprint density at radius 1 is 1.14 bits per heavy atom. The molecule has 0 atom stereocenters. The van der Waals surface area contributed by atoms with E-state index in [-0.39, 0.29) is 5.69 Å². The van der Waals surface area contributed by atoms with E-state index in [2.05, 4.69) is 25.4 Å². The number of hydrogen-bond donors (Lipinski definition) is 1. The van der Waals surface area contributed by atoms with E-state index in [0.717, 1.165) is 0 Å². The normalized spacial score (nSPS) is 10.2. The molecular weight excluding hydrogens is 325 g/mol. The van der Waals surface area contributed by atoms with Gasteiger partial charge in [-0.2, -0.15) is 10.4 Å². The zero-order chi connectivity index (χ0) is 15.5. The molecule has 108 valence electrons. The molecule has 7 nitrogen and oxygen atoms in total. The Kier molecular flexibility index (Phi) is 3.87. The van der Waals surface area contributed by atoms with Gasteiger partial charge >= 0.3 is 0 Å². The van der Waals surface area contributed by atoms with Gasteiger partial charge < -0.3 is 5.32 Å². The van der Waals surface area contributed by atoms with Gasteiger partial charge in [-0.05, 0) is 6.07 Å². The van der Waals surface area contributed by atoms with Crippen LogP contribution in [0.2, 0.25) is 10.0 Å². The van der Waals surface area contributed by atoms with Gasteiger partial charge in [0.25, 0.3) is 0 Å². The molecule has 0 aliphatic rings. The van der Waals surface area contributed by atoms with Gasteiger partial charge in [-0.15, -0.1) is 0 Å². The monoisotopic (exact) mass is 331 g/mol. The van der Waals surface area contributed by atoms with Gasteiger partial charge in [0.05, 0.1) is 28.1 Å². The third kappa shape index (κ3) is 2.83. The maximum absolute atomic E-state index is 8.99. The summed E-state index contributed by atoms with van der Waals surface area (Å²) in [5.41, 5.74) is 0.808. The molecular formula is C13H7Cl2N7. The lowest BCUT2D eigenvalue weighted by atomic mass is 10.4. The maximum Gasteiger partial charge on any atom is 0.183 e. The summed E-state index contributed by atoms with van der Waals surface area (Å²) < 4.78 is 1.49. The van der Waals surface area contributed by atoms with E-state index < -0.39 is 0 Å². The van der Waals surface area contributed by atoms with Crippen LogP contribution in [-0.4, -0.2) is 24.7 Å². The van der Waals surface area contributed by atoms with Crippen LogP contribution in [-0.2, 0) is 0 Å². The van der Waals surface area contributed by atoms with E-state index in [1.165, 1.54) is 23.3 Å². The number of hydrogen-bond acceptors (Lipinski definition) is 6. The van der Waals surface area contributed by atoms with Crippen molar-refractivity contribution in [2.75, 3.05) is 5.32 Å². The molecule has 3 heterocycles. The Bertz CT molecular complexity index is 869. The minimum atomic E-state index is 0.193. The number of nitrogens with one attached hydrogen (secondary N) is 1. The number of aromatic nitrogens is 5. The third-order valence-corrected chi connectivity index (χ3v) is 3.14. The summed E-state index contributed by atoms with van der Waals surface area (Å²) >= 11 is 11.9. The molecule has 3 aromatic heterocycles. The predicted molar refractivity (Wildman–Crippen MR) is 81.4 cm³/mol. The molecule has 0 aliphatic heterocycles. The third-order valence-electron chi connectivity index (χ3n) is 2.65. The van der Waals surface area contributed by atoms with Crippen molar-refractivity contribution in [2.24, 2.45) is 0 Å². The zero-order valence-corrected chi connectivity index (χ0v) is 12.4. The highest BCUT2D eigenvalue weighted by molar-refractivity contribution is 6.35. The van der Waals surface area contributed by atoms with Gasteiger partial charge in [-0.3, -0.25) is 0 Å². The van der Waals surface area contributed by atoms with Crippen molar-refractivity contribution in [3.8, 4) is 11.9 Å². The van der Waals surface area contributed by atoms with Crippen LogP contribution in [0.25, 0.3) is 5.82 Å². The Morgan fingerprint density at radius 3 is 2.73 bits per heavy atom. The molecule has 0 radical (unpaired) electrons. The summed E-state index contributed by atoms with van der Waals surface area (Å²) in [5, 5.41) is 16.9. The molecule has 3 rings (SSSR count). The van der Waals surface area contributed by atoms with Crippen LogP contribution in [0.4, 0.5) is 11.5 Å². The van der Waals surface area contributed by atoms with Gasteiger partial charge in [0.15, 0.2) is 17.3 Å². The molecule has 1 N–H and O–H groups in total. The number of rotatable bonds is 3. The van der Waals surface area contributed by atoms with E-state index in [9.17, 15) is 0 Å². The minimum Gasteiger partial charge on any atom is -0.335 e. The molecule has 0 aromatic carbocycles.